The molecule has 0 radical (unpaired) electrons. The van der Waals surface area contributed by atoms with Crippen LogP contribution in [0, 0.1) is 0 Å². The highest BCUT2D eigenvalue weighted by molar-refractivity contribution is 5.68. The molecule has 2 aliphatic rings. The molecular formula is C20H28. The number of fused-ring (bicyclic) bond motifs is 1. The molecule has 0 aromatic rings. The maximum absolute atomic E-state index is 2.37. The van der Waals surface area contributed by atoms with E-state index >= 15 is 0 Å². The zero-order valence-electron chi connectivity index (χ0n) is 13.1. The molecule has 0 saturated carbocycles. The zero-order valence-corrected chi connectivity index (χ0v) is 13.1. The van der Waals surface area contributed by atoms with Gasteiger partial charge in [-0.05, 0) is 75.5 Å². The van der Waals surface area contributed by atoms with Gasteiger partial charge in [0.15, 0.2) is 0 Å². The Hall–Kier alpha value is -1.30. The van der Waals surface area contributed by atoms with E-state index in [1.807, 2.05) is 0 Å². The lowest BCUT2D eigenvalue weighted by Crippen LogP contribution is -1.92. The molecule has 108 valence electrons. The summed E-state index contributed by atoms with van der Waals surface area (Å²) in [7, 11) is 0. The molecule has 0 aliphatic heterocycles. The summed E-state index contributed by atoms with van der Waals surface area (Å²) in [6.07, 6.45) is 23.9. The number of rotatable bonds is 9. The summed E-state index contributed by atoms with van der Waals surface area (Å²) in [4.78, 5) is 0. The minimum Gasteiger partial charge on any atom is -0.0888 e. The molecule has 0 fully saturated rings. The summed E-state index contributed by atoms with van der Waals surface area (Å²) in [5.41, 5.74) is 6.30. The SMILES string of the molecule is CC/C=C\CC/C=C\CCCCC1=C2C=C2C=C(C)C1. The van der Waals surface area contributed by atoms with Crippen molar-refractivity contribution >= 4 is 0 Å². The molecule has 0 bridgehead atoms. The van der Waals surface area contributed by atoms with Crippen LogP contribution in [0.4, 0.5) is 0 Å². The third-order valence-electron chi connectivity index (χ3n) is 3.97. The molecule has 0 unspecified atom stereocenters. The molecule has 0 heterocycles. The second-order valence-electron chi connectivity index (χ2n) is 5.96. The van der Waals surface area contributed by atoms with Gasteiger partial charge in [0.25, 0.3) is 0 Å². The Balaban J connectivity index is 1.51. The van der Waals surface area contributed by atoms with Gasteiger partial charge in [0.2, 0.25) is 0 Å². The van der Waals surface area contributed by atoms with Crippen LogP contribution in [0.15, 0.2) is 58.7 Å². The summed E-state index contributed by atoms with van der Waals surface area (Å²) in [5.74, 6) is 0. The Kier molecular flexibility index (Phi) is 6.11. The van der Waals surface area contributed by atoms with Crippen LogP contribution in [0.1, 0.15) is 65.2 Å². The van der Waals surface area contributed by atoms with E-state index in [1.54, 1.807) is 11.1 Å². The molecule has 0 heteroatoms. The third-order valence-corrected chi connectivity index (χ3v) is 3.97. The number of unbranched alkanes of at least 4 members (excludes halogenated alkanes) is 3. The first-order valence-corrected chi connectivity index (χ1v) is 8.22. The van der Waals surface area contributed by atoms with Gasteiger partial charge >= 0.3 is 0 Å². The van der Waals surface area contributed by atoms with E-state index < -0.39 is 0 Å². The molecule has 0 atom stereocenters. The van der Waals surface area contributed by atoms with Gasteiger partial charge in [-0.3, -0.25) is 0 Å². The molecule has 0 aromatic carbocycles. The van der Waals surface area contributed by atoms with E-state index in [9.17, 15) is 0 Å². The lowest BCUT2D eigenvalue weighted by Gasteiger charge is -2.11. The smallest absolute Gasteiger partial charge is 0.00987 e. The van der Waals surface area contributed by atoms with Crippen LogP contribution in [0.3, 0.4) is 0 Å². The van der Waals surface area contributed by atoms with Gasteiger partial charge in [-0.15, -0.1) is 0 Å². The van der Waals surface area contributed by atoms with Crippen LogP contribution in [0.2, 0.25) is 0 Å². The number of hydrogen-bond acceptors (Lipinski definition) is 0. The molecule has 2 rings (SSSR count). The van der Waals surface area contributed by atoms with Crippen LogP contribution in [0.5, 0.6) is 0 Å². The predicted octanol–water partition coefficient (Wildman–Crippen LogP) is 6.44. The van der Waals surface area contributed by atoms with E-state index in [0.29, 0.717) is 0 Å². The summed E-state index contributed by atoms with van der Waals surface area (Å²) < 4.78 is 0. The maximum atomic E-state index is 2.37. The van der Waals surface area contributed by atoms with Crippen LogP contribution >= 0.6 is 0 Å². The first-order chi connectivity index (χ1) is 9.81. The molecule has 0 amide bonds. The maximum Gasteiger partial charge on any atom is -0.00987 e. The van der Waals surface area contributed by atoms with Gasteiger partial charge in [0.1, 0.15) is 0 Å². The van der Waals surface area contributed by atoms with Crippen molar-refractivity contribution in [1.29, 1.82) is 0 Å². The fourth-order valence-electron chi connectivity index (χ4n) is 2.83. The van der Waals surface area contributed by atoms with Crippen LogP contribution in [-0.2, 0) is 0 Å². The molecular weight excluding hydrogens is 240 g/mol. The van der Waals surface area contributed by atoms with Crippen LogP contribution < -0.4 is 0 Å². The van der Waals surface area contributed by atoms with E-state index in [4.69, 9.17) is 0 Å². The minimum absolute atomic E-state index is 1.16. The van der Waals surface area contributed by atoms with Gasteiger partial charge in [-0.25, -0.2) is 0 Å². The van der Waals surface area contributed by atoms with Gasteiger partial charge < -0.3 is 0 Å². The van der Waals surface area contributed by atoms with Crippen molar-refractivity contribution in [3.8, 4) is 0 Å². The fourth-order valence-corrected chi connectivity index (χ4v) is 2.83. The van der Waals surface area contributed by atoms with Gasteiger partial charge in [0.05, 0.1) is 0 Å². The third kappa shape index (κ3) is 5.00. The molecule has 2 aliphatic carbocycles. The molecule has 0 saturated heterocycles. The molecule has 0 N–H and O–H groups in total. The number of allylic oxidation sites excluding steroid dienone is 10. The standard InChI is InChI=1S/C20H28/c1-3-4-5-6-7-8-9-10-11-12-13-18-14-17(2)15-19-16-20(18)19/h4-5,8-9,15-16H,3,6-7,10-14H2,1-2H3/b5-4-,9-8-. The Morgan fingerprint density at radius 3 is 2.50 bits per heavy atom. The van der Waals surface area contributed by atoms with Crippen molar-refractivity contribution in [2.24, 2.45) is 0 Å². The van der Waals surface area contributed by atoms with Gasteiger partial charge in [-0.1, -0.05) is 48.5 Å². The molecule has 20 heavy (non-hydrogen) atoms. The number of hydrogen-bond donors (Lipinski definition) is 0. The van der Waals surface area contributed by atoms with E-state index in [-0.39, 0.29) is 0 Å². The topological polar surface area (TPSA) is 0 Å². The molecule has 0 nitrogen and oxygen atoms in total. The molecule has 0 spiro atoms. The van der Waals surface area contributed by atoms with Crippen molar-refractivity contribution in [2.75, 3.05) is 0 Å². The van der Waals surface area contributed by atoms with E-state index in [2.05, 4.69) is 50.3 Å². The Morgan fingerprint density at radius 2 is 1.70 bits per heavy atom. The van der Waals surface area contributed by atoms with Gasteiger partial charge in [0, 0.05) is 0 Å². The Bertz CT molecular complexity index is 466. The van der Waals surface area contributed by atoms with Crippen LogP contribution in [-0.4, -0.2) is 0 Å². The average Bonchev–Trinajstić information content (AvgIpc) is 3.20. The summed E-state index contributed by atoms with van der Waals surface area (Å²) in [5, 5.41) is 0. The first kappa shape index (κ1) is 15.1. The summed E-state index contributed by atoms with van der Waals surface area (Å²) in [6.45, 7) is 4.44. The first-order valence-electron chi connectivity index (χ1n) is 8.22. The monoisotopic (exact) mass is 268 g/mol. The predicted molar refractivity (Wildman–Crippen MR) is 89.8 cm³/mol. The van der Waals surface area contributed by atoms with Crippen molar-refractivity contribution in [2.45, 2.75) is 65.2 Å². The highest BCUT2D eigenvalue weighted by Gasteiger charge is 2.22. The highest BCUT2D eigenvalue weighted by atomic mass is 14.3. The quantitative estimate of drug-likeness (QED) is 0.333. The second kappa shape index (κ2) is 8.09. The van der Waals surface area contributed by atoms with Crippen molar-refractivity contribution in [1.82, 2.24) is 0 Å². The summed E-state index contributed by atoms with van der Waals surface area (Å²) in [6, 6.07) is 0. The highest BCUT2D eigenvalue weighted by Crippen LogP contribution is 2.41. The van der Waals surface area contributed by atoms with Crippen molar-refractivity contribution in [3.05, 3.63) is 58.7 Å². The molecule has 0 aromatic heterocycles. The largest absolute Gasteiger partial charge is 0.0888 e. The fraction of sp³-hybridized carbons (Fsp3) is 0.500. The lowest BCUT2D eigenvalue weighted by molar-refractivity contribution is 0.726. The normalized spacial score (nSPS) is 17.7. The lowest BCUT2D eigenvalue weighted by atomic mass is 9.94. The van der Waals surface area contributed by atoms with Crippen molar-refractivity contribution in [3.63, 3.8) is 0 Å². The Labute approximate surface area is 124 Å². The second-order valence-corrected chi connectivity index (χ2v) is 5.96. The minimum atomic E-state index is 1.16. The van der Waals surface area contributed by atoms with E-state index in [1.165, 1.54) is 56.1 Å². The van der Waals surface area contributed by atoms with Crippen molar-refractivity contribution < 1.29 is 0 Å². The average molecular weight is 268 g/mol. The summed E-state index contributed by atoms with van der Waals surface area (Å²) >= 11 is 0. The Morgan fingerprint density at radius 1 is 0.950 bits per heavy atom. The van der Waals surface area contributed by atoms with Crippen LogP contribution in [0.25, 0.3) is 0 Å². The van der Waals surface area contributed by atoms with Gasteiger partial charge in [-0.2, -0.15) is 0 Å². The zero-order chi connectivity index (χ0) is 14.2. The van der Waals surface area contributed by atoms with E-state index in [0.717, 1.165) is 6.42 Å².